The number of nitrogens with two attached hydrogens (primary N) is 1. The van der Waals surface area contributed by atoms with Gasteiger partial charge in [-0.25, -0.2) is 0 Å². The molecule has 108 valence electrons. The fourth-order valence-corrected chi connectivity index (χ4v) is 2.22. The highest BCUT2D eigenvalue weighted by atomic mass is 16.6. The largest absolute Gasteiger partial charge is 0.398 e. The number of non-ortho nitro benzene ring substituents is 1. The minimum Gasteiger partial charge on any atom is -0.398 e. The van der Waals surface area contributed by atoms with Gasteiger partial charge in [-0.1, -0.05) is 0 Å². The summed E-state index contributed by atoms with van der Waals surface area (Å²) in [4.78, 5) is 22.2. The number of carbonyl (C=O) groups is 1. The van der Waals surface area contributed by atoms with Gasteiger partial charge < -0.3 is 15.8 Å². The van der Waals surface area contributed by atoms with E-state index in [2.05, 4.69) is 5.32 Å². The number of nitro groups is 1. The molecule has 0 aromatic heterocycles. The molecule has 1 aromatic rings. The second-order valence-corrected chi connectivity index (χ2v) is 4.95. The molecule has 1 fully saturated rings. The lowest BCUT2D eigenvalue weighted by Gasteiger charge is -2.40. The summed E-state index contributed by atoms with van der Waals surface area (Å²) in [5.74, 6) is -0.422. The highest BCUT2D eigenvalue weighted by molar-refractivity contribution is 5.99. The van der Waals surface area contributed by atoms with E-state index in [4.69, 9.17) is 10.5 Å². The molecular formula is C13H17N3O4. The number of benzene rings is 1. The van der Waals surface area contributed by atoms with E-state index in [0.29, 0.717) is 6.54 Å². The van der Waals surface area contributed by atoms with Crippen molar-refractivity contribution in [2.24, 2.45) is 0 Å². The first-order valence-electron chi connectivity index (χ1n) is 6.35. The molecule has 3 N–H and O–H groups in total. The normalized spacial score (nSPS) is 16.2. The quantitative estimate of drug-likeness (QED) is 0.482. The summed E-state index contributed by atoms with van der Waals surface area (Å²) in [5, 5.41) is 13.5. The molecule has 1 amide bonds. The number of methoxy groups -OCH3 is 1. The van der Waals surface area contributed by atoms with Crippen LogP contribution in [0.5, 0.6) is 0 Å². The van der Waals surface area contributed by atoms with Crippen LogP contribution in [0.4, 0.5) is 11.4 Å². The summed E-state index contributed by atoms with van der Waals surface area (Å²) in [7, 11) is 1.62. The minimum atomic E-state index is -0.557. The number of nitrogen functional groups attached to an aromatic ring is 1. The molecule has 0 aliphatic heterocycles. The zero-order valence-corrected chi connectivity index (χ0v) is 11.2. The van der Waals surface area contributed by atoms with Gasteiger partial charge in [0.05, 0.1) is 16.1 Å². The Balaban J connectivity index is 2.09. The number of hydrogen-bond acceptors (Lipinski definition) is 5. The van der Waals surface area contributed by atoms with Crippen molar-refractivity contribution >= 4 is 17.3 Å². The van der Waals surface area contributed by atoms with Crippen LogP contribution in [0, 0.1) is 10.1 Å². The summed E-state index contributed by atoms with van der Waals surface area (Å²) in [6.45, 7) is 0.379. The van der Waals surface area contributed by atoms with Gasteiger partial charge in [0.25, 0.3) is 11.6 Å². The van der Waals surface area contributed by atoms with E-state index in [9.17, 15) is 14.9 Å². The molecule has 7 heteroatoms. The molecule has 0 spiro atoms. The van der Waals surface area contributed by atoms with E-state index in [1.807, 2.05) is 0 Å². The Morgan fingerprint density at radius 3 is 2.75 bits per heavy atom. The van der Waals surface area contributed by atoms with Crippen LogP contribution in [0.1, 0.15) is 29.6 Å². The van der Waals surface area contributed by atoms with Crippen LogP contribution in [0.15, 0.2) is 18.2 Å². The maximum absolute atomic E-state index is 12.1. The first-order chi connectivity index (χ1) is 9.47. The third-order valence-corrected chi connectivity index (χ3v) is 3.76. The molecule has 1 aromatic carbocycles. The lowest BCUT2D eigenvalue weighted by Crippen LogP contribution is -2.49. The Hall–Kier alpha value is -2.15. The molecular weight excluding hydrogens is 262 g/mol. The van der Waals surface area contributed by atoms with Crippen molar-refractivity contribution < 1.29 is 14.5 Å². The van der Waals surface area contributed by atoms with Crippen molar-refractivity contribution in [3.05, 3.63) is 33.9 Å². The molecule has 1 aliphatic rings. The van der Waals surface area contributed by atoms with Gasteiger partial charge in [0.2, 0.25) is 0 Å². The predicted molar refractivity (Wildman–Crippen MR) is 73.4 cm³/mol. The monoisotopic (exact) mass is 279 g/mol. The number of ether oxygens (including phenoxy) is 1. The van der Waals surface area contributed by atoms with Crippen molar-refractivity contribution in [3.8, 4) is 0 Å². The zero-order chi connectivity index (χ0) is 14.8. The van der Waals surface area contributed by atoms with Gasteiger partial charge in [0.1, 0.15) is 0 Å². The fourth-order valence-electron chi connectivity index (χ4n) is 2.22. The van der Waals surface area contributed by atoms with Crippen LogP contribution in [0.3, 0.4) is 0 Å². The average Bonchev–Trinajstić information content (AvgIpc) is 2.38. The number of amides is 1. The molecule has 0 unspecified atom stereocenters. The Labute approximate surface area is 116 Å². The molecule has 0 heterocycles. The predicted octanol–water partition coefficient (Wildman–Crippen LogP) is 1.48. The smallest absolute Gasteiger partial charge is 0.270 e. The van der Waals surface area contributed by atoms with Crippen LogP contribution >= 0.6 is 0 Å². The van der Waals surface area contributed by atoms with Gasteiger partial charge in [-0.05, 0) is 25.3 Å². The Kier molecular flexibility index (Phi) is 3.89. The highest BCUT2D eigenvalue weighted by Gasteiger charge is 2.37. The van der Waals surface area contributed by atoms with Crippen molar-refractivity contribution in [2.45, 2.75) is 24.9 Å². The van der Waals surface area contributed by atoms with E-state index >= 15 is 0 Å². The summed E-state index contributed by atoms with van der Waals surface area (Å²) < 4.78 is 5.40. The van der Waals surface area contributed by atoms with Gasteiger partial charge in [-0.3, -0.25) is 14.9 Å². The molecule has 2 rings (SSSR count). The van der Waals surface area contributed by atoms with E-state index in [-0.39, 0.29) is 22.5 Å². The first kappa shape index (κ1) is 14.3. The van der Waals surface area contributed by atoms with Gasteiger partial charge in [-0.2, -0.15) is 0 Å². The molecule has 0 bridgehead atoms. The number of carbonyl (C=O) groups excluding carboxylic acids is 1. The maximum atomic E-state index is 12.1. The van der Waals surface area contributed by atoms with Gasteiger partial charge in [0, 0.05) is 31.5 Å². The van der Waals surface area contributed by atoms with E-state index < -0.39 is 10.8 Å². The van der Waals surface area contributed by atoms with Gasteiger partial charge in [0.15, 0.2) is 0 Å². The van der Waals surface area contributed by atoms with Crippen LogP contribution in [0.25, 0.3) is 0 Å². The Morgan fingerprint density at radius 1 is 1.55 bits per heavy atom. The summed E-state index contributed by atoms with van der Waals surface area (Å²) >= 11 is 0. The van der Waals surface area contributed by atoms with Crippen molar-refractivity contribution in [3.63, 3.8) is 0 Å². The molecule has 20 heavy (non-hydrogen) atoms. The van der Waals surface area contributed by atoms with Crippen LogP contribution in [-0.4, -0.2) is 30.1 Å². The number of hydrogen-bond donors (Lipinski definition) is 2. The number of nitro benzene ring substituents is 1. The first-order valence-corrected chi connectivity index (χ1v) is 6.35. The molecule has 0 radical (unpaired) electrons. The second-order valence-electron chi connectivity index (χ2n) is 4.95. The van der Waals surface area contributed by atoms with Crippen LogP contribution in [0.2, 0.25) is 0 Å². The summed E-state index contributed by atoms with van der Waals surface area (Å²) in [6.07, 6.45) is 2.87. The fraction of sp³-hybridized carbons (Fsp3) is 0.462. The average molecular weight is 279 g/mol. The molecule has 7 nitrogen and oxygen atoms in total. The second kappa shape index (κ2) is 5.46. The van der Waals surface area contributed by atoms with E-state index in [1.165, 1.54) is 18.2 Å². The summed E-state index contributed by atoms with van der Waals surface area (Å²) in [6, 6.07) is 3.82. The summed E-state index contributed by atoms with van der Waals surface area (Å²) in [5.41, 5.74) is 5.57. The van der Waals surface area contributed by atoms with Crippen molar-refractivity contribution in [1.82, 2.24) is 5.32 Å². The van der Waals surface area contributed by atoms with Crippen molar-refractivity contribution in [2.75, 3.05) is 19.4 Å². The molecule has 0 atom stereocenters. The molecule has 1 aliphatic carbocycles. The third-order valence-electron chi connectivity index (χ3n) is 3.76. The van der Waals surface area contributed by atoms with E-state index in [0.717, 1.165) is 19.3 Å². The Morgan fingerprint density at radius 2 is 2.25 bits per heavy atom. The standard InChI is InChI=1S/C13H17N3O4/c1-20-13(5-2-6-13)8-15-12(17)10-7-9(16(18)19)3-4-11(10)14/h3-4,7H,2,5-6,8,14H2,1H3,(H,15,17). The number of nitrogens with zero attached hydrogens (tertiary/aromatic N) is 1. The minimum absolute atomic E-state index is 0.116. The topological polar surface area (TPSA) is 107 Å². The number of anilines is 1. The Bertz CT molecular complexity index is 535. The van der Waals surface area contributed by atoms with Gasteiger partial charge in [-0.15, -0.1) is 0 Å². The molecule has 0 saturated heterocycles. The SMILES string of the molecule is COC1(CNC(=O)c2cc([N+](=O)[O-])ccc2N)CCC1. The maximum Gasteiger partial charge on any atom is 0.270 e. The third kappa shape index (κ3) is 2.72. The lowest BCUT2D eigenvalue weighted by atomic mass is 9.80. The lowest BCUT2D eigenvalue weighted by molar-refractivity contribution is -0.384. The van der Waals surface area contributed by atoms with Crippen LogP contribution in [-0.2, 0) is 4.74 Å². The van der Waals surface area contributed by atoms with Crippen molar-refractivity contribution in [1.29, 1.82) is 0 Å². The van der Waals surface area contributed by atoms with Crippen LogP contribution < -0.4 is 11.1 Å². The number of rotatable bonds is 5. The molecule has 1 saturated carbocycles. The number of nitrogens with one attached hydrogen (secondary N) is 1. The zero-order valence-electron chi connectivity index (χ0n) is 11.2. The highest BCUT2D eigenvalue weighted by Crippen LogP contribution is 2.34. The van der Waals surface area contributed by atoms with Gasteiger partial charge >= 0.3 is 0 Å². The van der Waals surface area contributed by atoms with E-state index in [1.54, 1.807) is 7.11 Å².